The summed E-state index contributed by atoms with van der Waals surface area (Å²) in [7, 11) is 0. The van der Waals surface area contributed by atoms with Crippen molar-refractivity contribution in [3.63, 3.8) is 0 Å². The summed E-state index contributed by atoms with van der Waals surface area (Å²) >= 11 is 1.43. The maximum absolute atomic E-state index is 12.6. The second kappa shape index (κ2) is 11.3. The number of para-hydroxylation sites is 1. The Morgan fingerprint density at radius 3 is 2.73 bits per heavy atom. The van der Waals surface area contributed by atoms with Gasteiger partial charge in [-0.05, 0) is 43.5 Å². The molecule has 0 radical (unpaired) electrons. The molecular weight excluding hydrogens is 394 g/mol. The van der Waals surface area contributed by atoms with Crippen molar-refractivity contribution in [2.24, 2.45) is 0 Å². The van der Waals surface area contributed by atoms with Crippen LogP contribution in [0.5, 0.6) is 0 Å². The smallest absolute Gasteiger partial charge is 0.234 e. The van der Waals surface area contributed by atoms with Gasteiger partial charge in [0.25, 0.3) is 0 Å². The zero-order chi connectivity index (χ0) is 21.3. The van der Waals surface area contributed by atoms with Crippen LogP contribution < -0.4 is 5.32 Å². The summed E-state index contributed by atoms with van der Waals surface area (Å²) in [4.78, 5) is 15.1. The molecular formula is C23H33N5OS. The van der Waals surface area contributed by atoms with Gasteiger partial charge >= 0.3 is 0 Å². The van der Waals surface area contributed by atoms with Crippen molar-refractivity contribution in [1.29, 1.82) is 0 Å². The van der Waals surface area contributed by atoms with E-state index in [9.17, 15) is 4.79 Å². The van der Waals surface area contributed by atoms with Crippen LogP contribution >= 0.6 is 11.8 Å². The number of piperidine rings is 1. The van der Waals surface area contributed by atoms with Crippen molar-refractivity contribution < 1.29 is 4.79 Å². The Bertz CT molecular complexity index is 842. The lowest BCUT2D eigenvalue weighted by molar-refractivity contribution is -0.113. The van der Waals surface area contributed by atoms with Gasteiger partial charge in [-0.15, -0.1) is 16.8 Å². The molecule has 1 aromatic carbocycles. The third kappa shape index (κ3) is 6.19. The van der Waals surface area contributed by atoms with Crippen molar-refractivity contribution in [3.05, 3.63) is 48.3 Å². The van der Waals surface area contributed by atoms with Gasteiger partial charge in [0.05, 0.1) is 5.75 Å². The van der Waals surface area contributed by atoms with E-state index in [0.717, 1.165) is 35.2 Å². The number of likely N-dealkylation sites (tertiary alicyclic amines) is 1. The Balaban J connectivity index is 1.58. The molecule has 30 heavy (non-hydrogen) atoms. The molecule has 0 aliphatic carbocycles. The van der Waals surface area contributed by atoms with Crippen LogP contribution in [0.3, 0.4) is 0 Å². The molecule has 0 unspecified atom stereocenters. The average Bonchev–Trinajstić information content (AvgIpc) is 3.13. The Morgan fingerprint density at radius 1 is 1.23 bits per heavy atom. The molecule has 1 aromatic heterocycles. The van der Waals surface area contributed by atoms with Crippen LogP contribution in [-0.4, -0.2) is 51.0 Å². The number of allylic oxidation sites excluding steroid dienone is 1. The summed E-state index contributed by atoms with van der Waals surface area (Å²) in [6.45, 7) is 12.1. The van der Waals surface area contributed by atoms with Gasteiger partial charge in [-0.1, -0.05) is 56.3 Å². The molecule has 1 fully saturated rings. The number of aromatic nitrogens is 3. The van der Waals surface area contributed by atoms with E-state index in [0.29, 0.717) is 18.2 Å². The number of amides is 1. The summed E-state index contributed by atoms with van der Waals surface area (Å²) in [5, 5.41) is 12.6. The van der Waals surface area contributed by atoms with E-state index in [1.54, 1.807) is 0 Å². The van der Waals surface area contributed by atoms with Gasteiger partial charge < -0.3 is 14.8 Å². The van der Waals surface area contributed by atoms with Crippen molar-refractivity contribution in [2.45, 2.75) is 57.1 Å². The van der Waals surface area contributed by atoms with E-state index < -0.39 is 0 Å². The van der Waals surface area contributed by atoms with Crippen molar-refractivity contribution in [2.75, 3.05) is 30.7 Å². The maximum Gasteiger partial charge on any atom is 0.234 e. The first-order valence-corrected chi connectivity index (χ1v) is 11.8. The fraction of sp³-hybridized carbons (Fsp3) is 0.522. The maximum atomic E-state index is 12.6. The number of rotatable bonds is 10. The lowest BCUT2D eigenvalue weighted by atomic mass is 10.0. The minimum Gasteiger partial charge on any atom is -0.325 e. The molecule has 7 heteroatoms. The van der Waals surface area contributed by atoms with Crippen LogP contribution in [0.2, 0.25) is 0 Å². The zero-order valence-corrected chi connectivity index (χ0v) is 19.0. The van der Waals surface area contributed by atoms with Crippen LogP contribution in [0.25, 0.3) is 0 Å². The second-order valence-corrected chi connectivity index (χ2v) is 8.97. The number of anilines is 1. The van der Waals surface area contributed by atoms with Gasteiger partial charge in [-0.2, -0.15) is 0 Å². The molecule has 1 amide bonds. The number of carbonyl (C=O) groups is 1. The van der Waals surface area contributed by atoms with Crippen LogP contribution in [0.1, 0.15) is 50.4 Å². The van der Waals surface area contributed by atoms with Crippen molar-refractivity contribution >= 4 is 23.4 Å². The summed E-state index contributed by atoms with van der Waals surface area (Å²) < 4.78 is 2.08. The molecule has 0 spiro atoms. The largest absolute Gasteiger partial charge is 0.325 e. The normalized spacial score (nSPS) is 14.8. The Hall–Kier alpha value is -2.12. The first-order valence-electron chi connectivity index (χ1n) is 10.9. The fourth-order valence-electron chi connectivity index (χ4n) is 3.79. The Labute approximate surface area is 184 Å². The molecule has 3 rings (SSSR count). The molecule has 1 N–H and O–H groups in total. The van der Waals surface area contributed by atoms with E-state index >= 15 is 0 Å². The Kier molecular flexibility index (Phi) is 8.51. The average molecular weight is 428 g/mol. The van der Waals surface area contributed by atoms with Gasteiger partial charge in [0.15, 0.2) is 5.16 Å². The summed E-state index contributed by atoms with van der Waals surface area (Å²) in [6, 6.07) is 7.96. The molecule has 6 nitrogen and oxygen atoms in total. The van der Waals surface area contributed by atoms with E-state index in [4.69, 9.17) is 0 Å². The highest BCUT2D eigenvalue weighted by Crippen LogP contribution is 2.24. The van der Waals surface area contributed by atoms with Gasteiger partial charge in [0.1, 0.15) is 5.82 Å². The molecule has 2 heterocycles. The first kappa shape index (κ1) is 22.6. The van der Waals surface area contributed by atoms with Crippen LogP contribution in [0.15, 0.2) is 42.1 Å². The predicted octanol–water partition coefficient (Wildman–Crippen LogP) is 4.35. The minimum absolute atomic E-state index is 0.0314. The standard InChI is InChI=1S/C23H33N5OS/c1-4-13-28-21(12-16-27-14-8-5-9-15-27)25-26-23(28)30-17-22(29)24-20-11-7-6-10-19(20)18(2)3/h4,6-7,10-11,18H,1,5,8-9,12-17H2,2-3H3,(H,24,29). The monoisotopic (exact) mass is 427 g/mol. The van der Waals surface area contributed by atoms with E-state index in [1.807, 2.05) is 24.3 Å². The van der Waals surface area contributed by atoms with Crippen molar-refractivity contribution in [3.8, 4) is 0 Å². The summed E-state index contributed by atoms with van der Waals surface area (Å²) in [6.07, 6.45) is 6.64. The summed E-state index contributed by atoms with van der Waals surface area (Å²) in [5.41, 5.74) is 2.03. The molecule has 1 aliphatic heterocycles. The van der Waals surface area contributed by atoms with Gasteiger partial charge in [-0.3, -0.25) is 4.79 Å². The molecule has 0 saturated carbocycles. The van der Waals surface area contributed by atoms with Crippen molar-refractivity contribution in [1.82, 2.24) is 19.7 Å². The third-order valence-electron chi connectivity index (χ3n) is 5.39. The number of carbonyl (C=O) groups excluding carboxylic acids is 1. The molecule has 1 aliphatic rings. The van der Waals surface area contributed by atoms with E-state index in [2.05, 4.69) is 51.5 Å². The molecule has 162 valence electrons. The molecule has 0 bridgehead atoms. The quantitative estimate of drug-likeness (QED) is 0.451. The second-order valence-electron chi connectivity index (χ2n) is 8.03. The number of thioether (sulfide) groups is 1. The zero-order valence-electron chi connectivity index (χ0n) is 18.1. The topological polar surface area (TPSA) is 63.1 Å². The molecule has 0 atom stereocenters. The number of benzene rings is 1. The summed E-state index contributed by atoms with van der Waals surface area (Å²) in [5.74, 6) is 1.59. The highest BCUT2D eigenvalue weighted by atomic mass is 32.2. The fourth-order valence-corrected chi connectivity index (χ4v) is 4.56. The Morgan fingerprint density at radius 2 is 2.00 bits per heavy atom. The van der Waals surface area contributed by atoms with E-state index in [-0.39, 0.29) is 5.91 Å². The highest BCUT2D eigenvalue weighted by Gasteiger charge is 2.16. The van der Waals surface area contributed by atoms with Gasteiger partial charge in [0, 0.05) is 25.2 Å². The van der Waals surface area contributed by atoms with Crippen LogP contribution in [0, 0.1) is 0 Å². The lowest BCUT2D eigenvalue weighted by Crippen LogP contribution is -2.32. The van der Waals surface area contributed by atoms with Crippen LogP contribution in [-0.2, 0) is 17.8 Å². The predicted molar refractivity (Wildman–Crippen MR) is 124 cm³/mol. The van der Waals surface area contributed by atoms with Gasteiger partial charge in [0.2, 0.25) is 5.91 Å². The van der Waals surface area contributed by atoms with E-state index in [1.165, 1.54) is 44.1 Å². The van der Waals surface area contributed by atoms with Crippen LogP contribution in [0.4, 0.5) is 5.69 Å². The third-order valence-corrected chi connectivity index (χ3v) is 6.36. The minimum atomic E-state index is -0.0314. The molecule has 2 aromatic rings. The number of nitrogens with one attached hydrogen (secondary N) is 1. The lowest BCUT2D eigenvalue weighted by Gasteiger charge is -2.26. The number of nitrogens with zero attached hydrogens (tertiary/aromatic N) is 4. The van der Waals surface area contributed by atoms with Gasteiger partial charge in [-0.25, -0.2) is 0 Å². The highest BCUT2D eigenvalue weighted by molar-refractivity contribution is 7.99. The first-order chi connectivity index (χ1) is 14.6. The molecule has 1 saturated heterocycles. The number of hydrogen-bond donors (Lipinski definition) is 1. The number of hydrogen-bond acceptors (Lipinski definition) is 5. The SMILES string of the molecule is C=CCn1c(CCN2CCCCC2)nnc1SCC(=O)Nc1ccccc1C(C)C.